The van der Waals surface area contributed by atoms with E-state index in [-0.39, 0.29) is 5.54 Å². The number of hydrogen-bond donors (Lipinski definition) is 1. The molecule has 112 valence electrons. The van der Waals surface area contributed by atoms with Gasteiger partial charge in [0.05, 0.1) is 6.61 Å². The van der Waals surface area contributed by atoms with Crippen LogP contribution in [0.5, 0.6) is 0 Å². The Kier molecular flexibility index (Phi) is 5.58. The van der Waals surface area contributed by atoms with E-state index in [1.165, 1.54) is 18.4 Å². The third-order valence-electron chi connectivity index (χ3n) is 4.74. The number of piperazine rings is 1. The molecule has 1 heterocycles. The Morgan fingerprint density at radius 2 is 1.95 bits per heavy atom. The van der Waals surface area contributed by atoms with Crippen LogP contribution >= 0.6 is 0 Å². The van der Waals surface area contributed by atoms with Crippen molar-refractivity contribution in [2.75, 3.05) is 33.4 Å². The molecule has 0 bridgehead atoms. The van der Waals surface area contributed by atoms with Crippen molar-refractivity contribution in [3.8, 4) is 0 Å². The lowest BCUT2D eigenvalue weighted by Gasteiger charge is -2.47. The maximum atomic E-state index is 5.30. The molecule has 1 saturated heterocycles. The molecule has 1 aliphatic rings. The Bertz CT molecular complexity index is 389. The van der Waals surface area contributed by atoms with Gasteiger partial charge in [-0.15, -0.1) is 0 Å². The Balaban J connectivity index is 2.15. The molecule has 1 fully saturated rings. The van der Waals surface area contributed by atoms with Crippen molar-refractivity contribution >= 4 is 0 Å². The van der Waals surface area contributed by atoms with Gasteiger partial charge in [0, 0.05) is 38.3 Å². The highest BCUT2D eigenvalue weighted by atomic mass is 16.5. The summed E-state index contributed by atoms with van der Waals surface area (Å²) < 4.78 is 5.30. The molecule has 1 aliphatic heterocycles. The van der Waals surface area contributed by atoms with Gasteiger partial charge in [-0.05, 0) is 18.4 Å². The monoisotopic (exact) mass is 276 g/mol. The van der Waals surface area contributed by atoms with E-state index < -0.39 is 0 Å². The summed E-state index contributed by atoms with van der Waals surface area (Å²) >= 11 is 0. The van der Waals surface area contributed by atoms with E-state index >= 15 is 0 Å². The highest BCUT2D eigenvalue weighted by molar-refractivity contribution is 5.21. The molecular formula is C17H28N2O. The highest BCUT2D eigenvalue weighted by Crippen LogP contribution is 2.30. The Morgan fingerprint density at radius 1 is 1.25 bits per heavy atom. The summed E-state index contributed by atoms with van der Waals surface area (Å²) in [5, 5.41) is 3.80. The van der Waals surface area contributed by atoms with Crippen molar-refractivity contribution in [2.45, 2.75) is 38.3 Å². The zero-order valence-corrected chi connectivity index (χ0v) is 13.1. The van der Waals surface area contributed by atoms with E-state index in [9.17, 15) is 0 Å². The fourth-order valence-electron chi connectivity index (χ4n) is 3.17. The lowest BCUT2D eigenvalue weighted by atomic mass is 9.87. The number of rotatable bonds is 6. The van der Waals surface area contributed by atoms with Crippen LogP contribution in [-0.2, 0) is 4.74 Å². The van der Waals surface area contributed by atoms with Crippen molar-refractivity contribution in [3.63, 3.8) is 0 Å². The lowest BCUT2D eigenvalue weighted by molar-refractivity contribution is 0.0482. The lowest BCUT2D eigenvalue weighted by Crippen LogP contribution is -2.61. The number of nitrogens with one attached hydrogen (secondary N) is 1. The number of nitrogens with zero attached hydrogens (tertiary/aromatic N) is 1. The maximum absolute atomic E-state index is 5.30. The van der Waals surface area contributed by atoms with Gasteiger partial charge in [-0.2, -0.15) is 0 Å². The molecule has 3 heteroatoms. The highest BCUT2D eigenvalue weighted by Gasteiger charge is 2.36. The summed E-state index contributed by atoms with van der Waals surface area (Å²) in [5.41, 5.74) is 1.66. The van der Waals surface area contributed by atoms with Crippen LogP contribution in [0, 0.1) is 0 Å². The molecule has 1 unspecified atom stereocenters. The maximum Gasteiger partial charge on any atom is 0.0589 e. The molecule has 0 aliphatic carbocycles. The van der Waals surface area contributed by atoms with Crippen LogP contribution in [0.3, 0.4) is 0 Å². The third-order valence-corrected chi connectivity index (χ3v) is 4.74. The molecule has 20 heavy (non-hydrogen) atoms. The first-order valence-electron chi connectivity index (χ1n) is 7.77. The second-order valence-corrected chi connectivity index (χ2v) is 5.76. The quantitative estimate of drug-likeness (QED) is 0.864. The van der Waals surface area contributed by atoms with Gasteiger partial charge in [-0.1, -0.05) is 44.2 Å². The summed E-state index contributed by atoms with van der Waals surface area (Å²) in [5.74, 6) is 0. The summed E-state index contributed by atoms with van der Waals surface area (Å²) in [7, 11) is 1.78. The predicted molar refractivity (Wildman–Crippen MR) is 83.9 cm³/mol. The van der Waals surface area contributed by atoms with Crippen LogP contribution in [0.15, 0.2) is 30.3 Å². The molecular weight excluding hydrogens is 248 g/mol. The van der Waals surface area contributed by atoms with Crippen LogP contribution in [0.1, 0.15) is 38.3 Å². The van der Waals surface area contributed by atoms with Crippen LogP contribution in [0.25, 0.3) is 0 Å². The SMILES string of the molecule is CCC1(CC)CN(CCOC)C(c2ccccc2)CN1. The first kappa shape index (κ1) is 15.5. The van der Waals surface area contributed by atoms with Gasteiger partial charge in [0.2, 0.25) is 0 Å². The van der Waals surface area contributed by atoms with Crippen LogP contribution < -0.4 is 5.32 Å². The van der Waals surface area contributed by atoms with E-state index in [4.69, 9.17) is 4.74 Å². The van der Waals surface area contributed by atoms with Gasteiger partial charge < -0.3 is 10.1 Å². The fourth-order valence-corrected chi connectivity index (χ4v) is 3.17. The number of methoxy groups -OCH3 is 1. The topological polar surface area (TPSA) is 24.5 Å². The minimum absolute atomic E-state index is 0.263. The normalized spacial score (nSPS) is 22.9. The van der Waals surface area contributed by atoms with E-state index in [1.54, 1.807) is 7.11 Å². The average molecular weight is 276 g/mol. The van der Waals surface area contributed by atoms with Crippen molar-refractivity contribution in [2.24, 2.45) is 0 Å². The minimum Gasteiger partial charge on any atom is -0.383 e. The van der Waals surface area contributed by atoms with E-state index in [1.807, 2.05) is 0 Å². The Labute approximate surface area is 123 Å². The van der Waals surface area contributed by atoms with Gasteiger partial charge in [0.1, 0.15) is 0 Å². The van der Waals surface area contributed by atoms with E-state index in [0.29, 0.717) is 6.04 Å². The molecule has 2 rings (SSSR count). The van der Waals surface area contributed by atoms with Crippen molar-refractivity contribution in [1.29, 1.82) is 0 Å². The average Bonchev–Trinajstić information content (AvgIpc) is 2.53. The molecule has 1 atom stereocenters. The van der Waals surface area contributed by atoms with Crippen molar-refractivity contribution < 1.29 is 4.74 Å². The standard InChI is InChI=1S/C17H28N2O/c1-4-17(5-2)14-19(11-12-20-3)16(13-18-17)15-9-7-6-8-10-15/h6-10,16,18H,4-5,11-14H2,1-3H3. The molecule has 3 nitrogen and oxygen atoms in total. The molecule has 1 aromatic rings. The molecule has 0 radical (unpaired) electrons. The molecule has 0 aromatic heterocycles. The summed E-state index contributed by atoms with van der Waals surface area (Å²) in [6.45, 7) is 8.49. The summed E-state index contributed by atoms with van der Waals surface area (Å²) in [6, 6.07) is 11.3. The molecule has 1 N–H and O–H groups in total. The summed E-state index contributed by atoms with van der Waals surface area (Å²) in [4.78, 5) is 2.59. The van der Waals surface area contributed by atoms with Gasteiger partial charge in [-0.3, -0.25) is 4.90 Å². The second-order valence-electron chi connectivity index (χ2n) is 5.76. The minimum atomic E-state index is 0.263. The molecule has 0 spiro atoms. The molecule has 0 amide bonds. The predicted octanol–water partition coefficient (Wildman–Crippen LogP) is 2.84. The number of benzene rings is 1. The van der Waals surface area contributed by atoms with Crippen molar-refractivity contribution in [1.82, 2.24) is 10.2 Å². The first-order valence-corrected chi connectivity index (χ1v) is 7.77. The fraction of sp³-hybridized carbons (Fsp3) is 0.647. The van der Waals surface area contributed by atoms with Crippen molar-refractivity contribution in [3.05, 3.63) is 35.9 Å². The van der Waals surface area contributed by atoms with Crippen LogP contribution in [-0.4, -0.2) is 43.8 Å². The first-order chi connectivity index (χ1) is 9.74. The van der Waals surface area contributed by atoms with Gasteiger partial charge in [0.25, 0.3) is 0 Å². The number of hydrogen-bond acceptors (Lipinski definition) is 3. The smallest absolute Gasteiger partial charge is 0.0589 e. The summed E-state index contributed by atoms with van der Waals surface area (Å²) in [6.07, 6.45) is 2.35. The van der Waals surface area contributed by atoms with E-state index in [0.717, 1.165) is 26.2 Å². The van der Waals surface area contributed by atoms with E-state index in [2.05, 4.69) is 54.4 Å². The molecule has 1 aromatic carbocycles. The van der Waals surface area contributed by atoms with Gasteiger partial charge in [-0.25, -0.2) is 0 Å². The second kappa shape index (κ2) is 7.21. The Morgan fingerprint density at radius 3 is 2.55 bits per heavy atom. The molecule has 0 saturated carbocycles. The zero-order valence-electron chi connectivity index (χ0n) is 13.1. The zero-order chi connectivity index (χ0) is 14.4. The largest absolute Gasteiger partial charge is 0.383 e. The third kappa shape index (κ3) is 3.40. The van der Waals surface area contributed by atoms with Gasteiger partial charge >= 0.3 is 0 Å². The Hall–Kier alpha value is -0.900. The van der Waals surface area contributed by atoms with Gasteiger partial charge in [0.15, 0.2) is 0 Å². The number of ether oxygens (including phenoxy) is 1. The van der Waals surface area contributed by atoms with Crippen LogP contribution in [0.2, 0.25) is 0 Å². The van der Waals surface area contributed by atoms with Crippen LogP contribution in [0.4, 0.5) is 0 Å².